The minimum atomic E-state index is -0.173. The van der Waals surface area contributed by atoms with Gasteiger partial charge in [-0.25, -0.2) is 9.97 Å². The van der Waals surface area contributed by atoms with Crippen molar-refractivity contribution in [3.63, 3.8) is 0 Å². The summed E-state index contributed by atoms with van der Waals surface area (Å²) in [7, 11) is 0. The number of carbonyl (C=O) groups is 1. The Hall–Kier alpha value is -2.10. The lowest BCUT2D eigenvalue weighted by molar-refractivity contribution is -0.116. The van der Waals surface area contributed by atoms with Crippen molar-refractivity contribution in [3.05, 3.63) is 37.7 Å². The number of aromatic nitrogens is 3. The molecule has 0 bridgehead atoms. The molecule has 0 atom stereocenters. The summed E-state index contributed by atoms with van der Waals surface area (Å²) >= 11 is 2.94. The van der Waals surface area contributed by atoms with Gasteiger partial charge in [0.05, 0.1) is 11.1 Å². The molecule has 0 unspecified atom stereocenters. The van der Waals surface area contributed by atoms with Crippen LogP contribution in [0.1, 0.15) is 41.2 Å². The quantitative estimate of drug-likeness (QED) is 0.585. The van der Waals surface area contributed by atoms with E-state index in [0.717, 1.165) is 35.2 Å². The SMILES string of the molecule is O=C(CCc1nc2sc3c(c2c(=O)[nH]1)CCCC3)Nc1nc(CCO)cs1. The van der Waals surface area contributed by atoms with Crippen LogP contribution in [-0.4, -0.2) is 32.6 Å². The Morgan fingerprint density at radius 1 is 1.26 bits per heavy atom. The molecule has 3 aromatic heterocycles. The van der Waals surface area contributed by atoms with Crippen molar-refractivity contribution in [1.82, 2.24) is 15.0 Å². The van der Waals surface area contributed by atoms with E-state index in [-0.39, 0.29) is 24.5 Å². The van der Waals surface area contributed by atoms with Crippen molar-refractivity contribution >= 4 is 43.9 Å². The van der Waals surface area contributed by atoms with Gasteiger partial charge in [0.25, 0.3) is 5.56 Å². The Kier molecular flexibility index (Phi) is 5.33. The third kappa shape index (κ3) is 3.95. The first-order valence-electron chi connectivity index (χ1n) is 9.02. The zero-order valence-corrected chi connectivity index (χ0v) is 16.3. The van der Waals surface area contributed by atoms with Crippen molar-refractivity contribution in [2.24, 2.45) is 0 Å². The monoisotopic (exact) mass is 404 g/mol. The Bertz CT molecular complexity index is 1040. The van der Waals surface area contributed by atoms with Crippen molar-refractivity contribution in [3.8, 4) is 0 Å². The summed E-state index contributed by atoms with van der Waals surface area (Å²) in [5.41, 5.74) is 1.83. The highest BCUT2D eigenvalue weighted by Crippen LogP contribution is 2.33. The topological polar surface area (TPSA) is 108 Å². The van der Waals surface area contributed by atoms with Gasteiger partial charge in [0, 0.05) is 36.1 Å². The number of H-pyrrole nitrogens is 1. The molecule has 0 aliphatic heterocycles. The van der Waals surface area contributed by atoms with Gasteiger partial charge in [0.1, 0.15) is 10.7 Å². The van der Waals surface area contributed by atoms with E-state index >= 15 is 0 Å². The molecule has 0 aromatic carbocycles. The van der Waals surface area contributed by atoms with Crippen LogP contribution < -0.4 is 10.9 Å². The van der Waals surface area contributed by atoms with E-state index in [1.807, 2.05) is 5.38 Å². The number of hydrogen-bond donors (Lipinski definition) is 3. The van der Waals surface area contributed by atoms with Crippen LogP contribution in [0.3, 0.4) is 0 Å². The number of aryl methyl sites for hydroxylation is 3. The maximum atomic E-state index is 12.5. The second kappa shape index (κ2) is 7.87. The van der Waals surface area contributed by atoms with E-state index in [1.54, 1.807) is 11.3 Å². The van der Waals surface area contributed by atoms with Gasteiger partial charge >= 0.3 is 0 Å². The number of carbonyl (C=O) groups excluding carboxylic acids is 1. The summed E-state index contributed by atoms with van der Waals surface area (Å²) in [6.45, 7) is 0.0325. The summed E-state index contributed by atoms with van der Waals surface area (Å²) in [6.07, 6.45) is 5.33. The standard InChI is InChI=1S/C18H20N4O3S2/c23-8-7-10-9-26-18(19-10)22-14(24)6-5-13-20-16(25)15-11-3-1-2-4-12(11)27-17(15)21-13/h9,23H,1-8H2,(H,19,22,24)(H,20,21,25). The van der Waals surface area contributed by atoms with Crippen LogP contribution in [0.4, 0.5) is 5.13 Å². The van der Waals surface area contributed by atoms with Crippen LogP contribution in [0.15, 0.2) is 10.2 Å². The first-order chi connectivity index (χ1) is 13.1. The smallest absolute Gasteiger partial charge is 0.259 e. The number of nitrogens with zero attached hydrogens (tertiary/aromatic N) is 2. The number of amides is 1. The fourth-order valence-corrected chi connectivity index (χ4v) is 5.38. The molecule has 1 aliphatic carbocycles. The normalized spacial score (nSPS) is 13.7. The molecule has 0 saturated carbocycles. The van der Waals surface area contributed by atoms with E-state index in [2.05, 4.69) is 20.3 Å². The third-order valence-electron chi connectivity index (χ3n) is 4.63. The first-order valence-corrected chi connectivity index (χ1v) is 10.7. The van der Waals surface area contributed by atoms with Crippen LogP contribution in [0.5, 0.6) is 0 Å². The lowest BCUT2D eigenvalue weighted by Crippen LogP contribution is -2.16. The van der Waals surface area contributed by atoms with Gasteiger partial charge in [-0.2, -0.15) is 0 Å². The second-order valence-corrected chi connectivity index (χ2v) is 8.51. The van der Waals surface area contributed by atoms with Gasteiger partial charge in [-0.15, -0.1) is 22.7 Å². The van der Waals surface area contributed by atoms with Crippen molar-refractivity contribution < 1.29 is 9.90 Å². The number of fused-ring (bicyclic) bond motifs is 3. The Morgan fingerprint density at radius 3 is 2.96 bits per heavy atom. The molecule has 3 N–H and O–H groups in total. The number of thiazole rings is 1. The van der Waals surface area contributed by atoms with Crippen molar-refractivity contribution in [2.45, 2.75) is 44.9 Å². The zero-order chi connectivity index (χ0) is 18.8. The minimum absolute atomic E-state index is 0.0325. The van der Waals surface area contributed by atoms with Crippen LogP contribution in [-0.2, 0) is 30.5 Å². The fraction of sp³-hybridized carbons (Fsp3) is 0.444. The average molecular weight is 405 g/mol. The van der Waals surface area contributed by atoms with E-state index in [0.29, 0.717) is 23.8 Å². The number of aliphatic hydroxyl groups is 1. The van der Waals surface area contributed by atoms with E-state index in [1.165, 1.54) is 28.2 Å². The Labute approximate surface area is 163 Å². The Balaban J connectivity index is 1.44. The summed E-state index contributed by atoms with van der Waals surface area (Å²) in [4.78, 5) is 38.4. The highest BCUT2D eigenvalue weighted by atomic mass is 32.1. The predicted molar refractivity (Wildman–Crippen MR) is 107 cm³/mol. The van der Waals surface area contributed by atoms with E-state index in [4.69, 9.17) is 5.11 Å². The second-order valence-electron chi connectivity index (χ2n) is 6.57. The molecule has 0 fully saturated rings. The highest BCUT2D eigenvalue weighted by molar-refractivity contribution is 7.18. The molecule has 0 radical (unpaired) electrons. The van der Waals surface area contributed by atoms with E-state index < -0.39 is 0 Å². The number of anilines is 1. The number of hydrogen-bond acceptors (Lipinski definition) is 7. The Morgan fingerprint density at radius 2 is 2.11 bits per heavy atom. The lowest BCUT2D eigenvalue weighted by atomic mass is 9.97. The van der Waals surface area contributed by atoms with Gasteiger partial charge in [0.2, 0.25) is 5.91 Å². The van der Waals surface area contributed by atoms with Gasteiger partial charge < -0.3 is 15.4 Å². The molecule has 9 heteroatoms. The molecule has 1 aliphatic rings. The molecule has 3 heterocycles. The first kappa shape index (κ1) is 18.3. The summed E-state index contributed by atoms with van der Waals surface area (Å²) < 4.78 is 0. The average Bonchev–Trinajstić information content (AvgIpc) is 3.24. The van der Waals surface area contributed by atoms with Crippen LogP contribution in [0, 0.1) is 0 Å². The van der Waals surface area contributed by atoms with Crippen LogP contribution in [0.2, 0.25) is 0 Å². The predicted octanol–water partition coefficient (Wildman–Crippen LogP) is 2.43. The summed E-state index contributed by atoms with van der Waals surface area (Å²) in [5, 5.41) is 14.7. The maximum Gasteiger partial charge on any atom is 0.259 e. The van der Waals surface area contributed by atoms with Crippen LogP contribution >= 0.6 is 22.7 Å². The largest absolute Gasteiger partial charge is 0.396 e. The number of nitrogens with one attached hydrogen (secondary N) is 2. The number of aliphatic hydroxyl groups excluding tert-OH is 1. The lowest BCUT2D eigenvalue weighted by Gasteiger charge is -2.09. The number of thiophene rings is 1. The molecular weight excluding hydrogens is 384 g/mol. The summed E-state index contributed by atoms with van der Waals surface area (Å²) in [6, 6.07) is 0. The molecule has 3 aromatic rings. The number of aromatic amines is 1. The highest BCUT2D eigenvalue weighted by Gasteiger charge is 2.20. The molecule has 4 rings (SSSR count). The zero-order valence-electron chi connectivity index (χ0n) is 14.7. The van der Waals surface area contributed by atoms with Crippen LogP contribution in [0.25, 0.3) is 10.2 Å². The van der Waals surface area contributed by atoms with Gasteiger partial charge in [0.15, 0.2) is 5.13 Å². The minimum Gasteiger partial charge on any atom is -0.396 e. The van der Waals surface area contributed by atoms with Crippen molar-refractivity contribution in [2.75, 3.05) is 11.9 Å². The van der Waals surface area contributed by atoms with Gasteiger partial charge in [-0.3, -0.25) is 9.59 Å². The van der Waals surface area contributed by atoms with Gasteiger partial charge in [-0.1, -0.05) is 0 Å². The van der Waals surface area contributed by atoms with Gasteiger partial charge in [-0.05, 0) is 31.2 Å². The fourth-order valence-electron chi connectivity index (χ4n) is 3.33. The summed E-state index contributed by atoms with van der Waals surface area (Å²) in [5.74, 6) is 0.370. The molecule has 1 amide bonds. The third-order valence-corrected chi connectivity index (χ3v) is 6.62. The van der Waals surface area contributed by atoms with E-state index in [9.17, 15) is 9.59 Å². The molecule has 142 valence electrons. The molecular formula is C18H20N4O3S2. The molecule has 7 nitrogen and oxygen atoms in total. The molecule has 0 saturated heterocycles. The van der Waals surface area contributed by atoms with Crippen molar-refractivity contribution in [1.29, 1.82) is 0 Å². The molecule has 0 spiro atoms. The number of rotatable bonds is 6. The maximum absolute atomic E-state index is 12.5. The molecule has 27 heavy (non-hydrogen) atoms.